The van der Waals surface area contributed by atoms with Crippen molar-refractivity contribution in [3.63, 3.8) is 0 Å². The van der Waals surface area contributed by atoms with Gasteiger partial charge in [0.25, 0.3) is 5.91 Å². The van der Waals surface area contributed by atoms with E-state index in [-0.39, 0.29) is 23.5 Å². The SMILES string of the molecule is CCN(CC)C(=O)CC[C@H]1CC[C@]2(CCCN(C(=O)c3cccnc3)C2)O1. The topological polar surface area (TPSA) is 62.7 Å². The number of hydrogen-bond donors (Lipinski definition) is 0. The second kappa shape index (κ2) is 8.83. The van der Waals surface area contributed by atoms with Crippen LogP contribution >= 0.6 is 0 Å². The third-order valence-corrected chi connectivity index (χ3v) is 5.87. The van der Waals surface area contributed by atoms with Crippen molar-refractivity contribution in [2.45, 2.75) is 64.1 Å². The highest BCUT2D eigenvalue weighted by Gasteiger charge is 2.44. The van der Waals surface area contributed by atoms with Gasteiger partial charge in [-0.3, -0.25) is 14.6 Å². The molecule has 27 heavy (non-hydrogen) atoms. The number of carbonyl (C=O) groups is 2. The Morgan fingerprint density at radius 2 is 2.15 bits per heavy atom. The first-order valence-electron chi connectivity index (χ1n) is 10.2. The van der Waals surface area contributed by atoms with Gasteiger partial charge in [-0.2, -0.15) is 0 Å². The van der Waals surface area contributed by atoms with E-state index in [2.05, 4.69) is 4.98 Å². The van der Waals surface area contributed by atoms with Crippen molar-refractivity contribution in [1.29, 1.82) is 0 Å². The largest absolute Gasteiger partial charge is 0.370 e. The Morgan fingerprint density at radius 1 is 1.33 bits per heavy atom. The molecule has 148 valence electrons. The van der Waals surface area contributed by atoms with Crippen LogP contribution in [0.5, 0.6) is 0 Å². The smallest absolute Gasteiger partial charge is 0.255 e. The summed E-state index contributed by atoms with van der Waals surface area (Å²) in [5.41, 5.74) is 0.396. The lowest BCUT2D eigenvalue weighted by Gasteiger charge is -2.40. The third-order valence-electron chi connectivity index (χ3n) is 5.87. The highest BCUT2D eigenvalue weighted by Crippen LogP contribution is 2.39. The van der Waals surface area contributed by atoms with Crippen LogP contribution in [0.25, 0.3) is 0 Å². The number of nitrogens with zero attached hydrogens (tertiary/aromatic N) is 3. The number of amides is 2. The molecule has 0 saturated carbocycles. The van der Waals surface area contributed by atoms with Crippen molar-refractivity contribution in [3.8, 4) is 0 Å². The molecule has 0 aromatic carbocycles. The second-order valence-corrected chi connectivity index (χ2v) is 7.64. The molecule has 6 nitrogen and oxygen atoms in total. The van der Waals surface area contributed by atoms with Crippen LogP contribution in [0.15, 0.2) is 24.5 Å². The number of ether oxygens (including phenoxy) is 1. The minimum atomic E-state index is -0.237. The first-order chi connectivity index (χ1) is 13.1. The van der Waals surface area contributed by atoms with Crippen molar-refractivity contribution < 1.29 is 14.3 Å². The molecule has 1 aromatic rings. The molecule has 1 aromatic heterocycles. The van der Waals surface area contributed by atoms with E-state index in [4.69, 9.17) is 4.74 Å². The molecule has 2 fully saturated rings. The Hall–Kier alpha value is -1.95. The number of likely N-dealkylation sites (tertiary alicyclic amines) is 1. The summed E-state index contributed by atoms with van der Waals surface area (Å²) in [6, 6.07) is 3.61. The van der Waals surface area contributed by atoms with Gasteiger partial charge >= 0.3 is 0 Å². The lowest BCUT2D eigenvalue weighted by molar-refractivity contribution is -0.132. The Bertz CT molecular complexity index is 647. The molecule has 3 heterocycles. The van der Waals surface area contributed by atoms with Gasteiger partial charge in [-0.1, -0.05) is 0 Å². The molecule has 0 unspecified atom stereocenters. The fraction of sp³-hybridized carbons (Fsp3) is 0.667. The Kier molecular flexibility index (Phi) is 6.47. The molecular weight excluding hydrogens is 342 g/mol. The predicted octanol–water partition coefficient (Wildman–Crippen LogP) is 2.88. The van der Waals surface area contributed by atoms with Crippen LogP contribution < -0.4 is 0 Å². The quantitative estimate of drug-likeness (QED) is 0.769. The van der Waals surface area contributed by atoms with Gasteiger partial charge in [0, 0.05) is 45.0 Å². The van der Waals surface area contributed by atoms with Gasteiger partial charge in [-0.15, -0.1) is 0 Å². The molecule has 2 aliphatic heterocycles. The van der Waals surface area contributed by atoms with E-state index in [9.17, 15) is 9.59 Å². The number of carbonyl (C=O) groups excluding carboxylic acids is 2. The van der Waals surface area contributed by atoms with Crippen LogP contribution in [0, 0.1) is 0 Å². The minimum absolute atomic E-state index is 0.0333. The van der Waals surface area contributed by atoms with Crippen LogP contribution in [-0.2, 0) is 9.53 Å². The van der Waals surface area contributed by atoms with Gasteiger partial charge in [-0.25, -0.2) is 0 Å². The van der Waals surface area contributed by atoms with Gasteiger partial charge in [-0.05, 0) is 58.1 Å². The van der Waals surface area contributed by atoms with Crippen molar-refractivity contribution in [3.05, 3.63) is 30.1 Å². The van der Waals surface area contributed by atoms with E-state index in [0.29, 0.717) is 18.5 Å². The molecule has 6 heteroatoms. The maximum Gasteiger partial charge on any atom is 0.255 e. The summed E-state index contributed by atoms with van der Waals surface area (Å²) in [4.78, 5) is 32.8. The van der Waals surface area contributed by atoms with Gasteiger partial charge < -0.3 is 14.5 Å². The fourth-order valence-electron chi connectivity index (χ4n) is 4.36. The molecule has 2 aliphatic rings. The summed E-state index contributed by atoms with van der Waals surface area (Å²) < 4.78 is 6.42. The number of piperidine rings is 1. The monoisotopic (exact) mass is 373 g/mol. The first-order valence-corrected chi connectivity index (χ1v) is 10.2. The molecule has 0 bridgehead atoms. The molecule has 2 amide bonds. The summed E-state index contributed by atoms with van der Waals surface area (Å²) in [6.45, 7) is 6.95. The van der Waals surface area contributed by atoms with E-state index >= 15 is 0 Å². The highest BCUT2D eigenvalue weighted by molar-refractivity contribution is 5.94. The van der Waals surface area contributed by atoms with Crippen LogP contribution in [-0.4, -0.2) is 64.5 Å². The Morgan fingerprint density at radius 3 is 2.85 bits per heavy atom. The van der Waals surface area contributed by atoms with Crippen molar-refractivity contribution in [1.82, 2.24) is 14.8 Å². The standard InChI is InChI=1S/C21H31N3O3/c1-3-23(4-2)19(25)9-8-18-10-12-21(27-18)11-6-14-24(16-21)20(26)17-7-5-13-22-15-17/h5,7,13,15,18H,3-4,6,8-12,14,16H2,1-2H3/t18-,21-/m0/s1. The zero-order valence-electron chi connectivity index (χ0n) is 16.5. The molecule has 0 radical (unpaired) electrons. The zero-order valence-corrected chi connectivity index (χ0v) is 16.5. The minimum Gasteiger partial charge on any atom is -0.370 e. The van der Waals surface area contributed by atoms with Crippen molar-refractivity contribution in [2.75, 3.05) is 26.2 Å². The van der Waals surface area contributed by atoms with Crippen LogP contribution in [0.3, 0.4) is 0 Å². The normalized spacial score (nSPS) is 25.0. The number of hydrogen-bond acceptors (Lipinski definition) is 4. The lowest BCUT2D eigenvalue weighted by atomic mass is 9.89. The summed E-state index contributed by atoms with van der Waals surface area (Å²) in [5, 5.41) is 0. The van der Waals surface area contributed by atoms with Crippen LogP contribution in [0.2, 0.25) is 0 Å². The molecule has 0 N–H and O–H groups in total. The molecule has 2 atom stereocenters. The van der Waals surface area contributed by atoms with E-state index in [1.807, 2.05) is 29.7 Å². The summed E-state index contributed by atoms with van der Waals surface area (Å²) in [7, 11) is 0. The molecular formula is C21H31N3O3. The first kappa shape index (κ1) is 19.8. The molecule has 0 aliphatic carbocycles. The second-order valence-electron chi connectivity index (χ2n) is 7.64. The van der Waals surface area contributed by atoms with E-state index in [1.54, 1.807) is 18.5 Å². The average Bonchev–Trinajstić information content (AvgIpc) is 3.09. The maximum atomic E-state index is 12.8. The Balaban J connectivity index is 1.55. The zero-order chi connectivity index (χ0) is 19.3. The number of aromatic nitrogens is 1. The third kappa shape index (κ3) is 4.67. The van der Waals surface area contributed by atoms with Gasteiger partial charge in [0.05, 0.1) is 17.3 Å². The van der Waals surface area contributed by atoms with Gasteiger partial charge in [0.2, 0.25) is 5.91 Å². The molecule has 3 rings (SSSR count). The summed E-state index contributed by atoms with van der Waals surface area (Å²) in [6.07, 6.45) is 8.63. The van der Waals surface area contributed by atoms with E-state index in [1.165, 1.54) is 0 Å². The van der Waals surface area contributed by atoms with Crippen molar-refractivity contribution in [2.24, 2.45) is 0 Å². The Labute approximate surface area is 161 Å². The summed E-state index contributed by atoms with van der Waals surface area (Å²) in [5.74, 6) is 0.243. The van der Waals surface area contributed by atoms with Crippen molar-refractivity contribution >= 4 is 11.8 Å². The van der Waals surface area contributed by atoms with Gasteiger partial charge in [0.15, 0.2) is 0 Å². The van der Waals surface area contributed by atoms with E-state index < -0.39 is 0 Å². The number of pyridine rings is 1. The van der Waals surface area contributed by atoms with E-state index in [0.717, 1.165) is 51.7 Å². The lowest BCUT2D eigenvalue weighted by Crippen LogP contribution is -2.50. The molecule has 2 saturated heterocycles. The number of rotatable bonds is 6. The van der Waals surface area contributed by atoms with Gasteiger partial charge in [0.1, 0.15) is 0 Å². The maximum absolute atomic E-state index is 12.8. The molecule has 1 spiro atoms. The summed E-state index contributed by atoms with van der Waals surface area (Å²) >= 11 is 0. The van der Waals surface area contributed by atoms with Crippen LogP contribution in [0.1, 0.15) is 62.7 Å². The average molecular weight is 373 g/mol. The predicted molar refractivity (Wildman–Crippen MR) is 103 cm³/mol. The highest BCUT2D eigenvalue weighted by atomic mass is 16.5. The fourth-order valence-corrected chi connectivity index (χ4v) is 4.36. The van der Waals surface area contributed by atoms with Crippen LogP contribution in [0.4, 0.5) is 0 Å².